The maximum Gasteiger partial charge on any atom is 0.343 e. The van der Waals surface area contributed by atoms with Crippen molar-refractivity contribution in [2.24, 2.45) is 0 Å². The Morgan fingerprint density at radius 3 is 2.68 bits per heavy atom. The van der Waals surface area contributed by atoms with Crippen LogP contribution in [0.25, 0.3) is 0 Å². The SMILES string of the molecule is CCN(C(=O)C(C)Sc1n[nH]c(=O)n1CCc1ccccc1)C1CCCCC1. The topological polar surface area (TPSA) is 71.0 Å². The zero-order chi connectivity index (χ0) is 19.9. The molecule has 1 unspecified atom stereocenters. The molecule has 7 heteroatoms. The zero-order valence-corrected chi connectivity index (χ0v) is 17.6. The molecule has 1 heterocycles. The Labute approximate surface area is 170 Å². The third-order valence-electron chi connectivity index (χ3n) is 5.46. The predicted molar refractivity (Wildman–Crippen MR) is 113 cm³/mol. The lowest BCUT2D eigenvalue weighted by molar-refractivity contribution is -0.133. The predicted octanol–water partition coefficient (Wildman–Crippen LogP) is 3.48. The van der Waals surface area contributed by atoms with Crippen molar-refractivity contribution in [3.63, 3.8) is 0 Å². The molecule has 1 fully saturated rings. The van der Waals surface area contributed by atoms with Gasteiger partial charge in [0.05, 0.1) is 5.25 Å². The molecule has 152 valence electrons. The summed E-state index contributed by atoms with van der Waals surface area (Å²) in [5.41, 5.74) is 0.947. The van der Waals surface area contributed by atoms with Crippen LogP contribution in [-0.4, -0.2) is 43.4 Å². The number of thioether (sulfide) groups is 1. The highest BCUT2D eigenvalue weighted by molar-refractivity contribution is 8.00. The number of hydrogen-bond acceptors (Lipinski definition) is 4. The Balaban J connectivity index is 1.65. The summed E-state index contributed by atoms with van der Waals surface area (Å²) in [6, 6.07) is 10.4. The molecule has 3 rings (SSSR count). The van der Waals surface area contributed by atoms with Crippen molar-refractivity contribution in [3.05, 3.63) is 46.4 Å². The van der Waals surface area contributed by atoms with E-state index in [0.717, 1.165) is 25.8 Å². The summed E-state index contributed by atoms with van der Waals surface area (Å²) in [5.74, 6) is 0.143. The fraction of sp³-hybridized carbons (Fsp3) is 0.571. The molecule has 1 aromatic carbocycles. The molecule has 1 saturated carbocycles. The van der Waals surface area contributed by atoms with Gasteiger partial charge in [-0.2, -0.15) is 0 Å². The van der Waals surface area contributed by atoms with Crippen molar-refractivity contribution in [2.75, 3.05) is 6.54 Å². The van der Waals surface area contributed by atoms with Gasteiger partial charge in [0.25, 0.3) is 0 Å². The van der Waals surface area contributed by atoms with Gasteiger partial charge in [0.2, 0.25) is 5.91 Å². The molecule has 1 atom stereocenters. The number of amides is 1. The molecule has 0 saturated heterocycles. The highest BCUT2D eigenvalue weighted by Crippen LogP contribution is 2.27. The summed E-state index contributed by atoms with van der Waals surface area (Å²) < 4.78 is 1.64. The van der Waals surface area contributed by atoms with E-state index in [1.807, 2.05) is 49.1 Å². The minimum atomic E-state index is -0.271. The van der Waals surface area contributed by atoms with Crippen LogP contribution in [-0.2, 0) is 17.8 Å². The van der Waals surface area contributed by atoms with Crippen LogP contribution in [0.2, 0.25) is 0 Å². The van der Waals surface area contributed by atoms with E-state index in [2.05, 4.69) is 10.2 Å². The number of carbonyl (C=O) groups excluding carboxylic acids is 1. The number of aromatic amines is 1. The lowest BCUT2D eigenvalue weighted by atomic mass is 9.94. The number of aryl methyl sites for hydroxylation is 1. The van der Waals surface area contributed by atoms with Gasteiger partial charge in [-0.25, -0.2) is 9.89 Å². The number of hydrogen-bond donors (Lipinski definition) is 1. The molecule has 1 aliphatic carbocycles. The van der Waals surface area contributed by atoms with E-state index in [-0.39, 0.29) is 16.8 Å². The van der Waals surface area contributed by atoms with Crippen LogP contribution in [0, 0.1) is 0 Å². The summed E-state index contributed by atoms with van der Waals surface area (Å²) in [6.07, 6.45) is 6.62. The number of nitrogens with one attached hydrogen (secondary N) is 1. The number of H-pyrrole nitrogens is 1. The van der Waals surface area contributed by atoms with Crippen LogP contribution in [0.3, 0.4) is 0 Å². The second-order valence-electron chi connectivity index (χ2n) is 7.37. The highest BCUT2D eigenvalue weighted by atomic mass is 32.2. The normalized spacial score (nSPS) is 16.1. The third kappa shape index (κ3) is 5.07. The maximum atomic E-state index is 13.1. The fourth-order valence-corrected chi connectivity index (χ4v) is 4.86. The van der Waals surface area contributed by atoms with Crippen LogP contribution in [0.15, 0.2) is 40.3 Å². The Hall–Kier alpha value is -2.02. The van der Waals surface area contributed by atoms with E-state index < -0.39 is 0 Å². The van der Waals surface area contributed by atoms with E-state index >= 15 is 0 Å². The Kier molecular flexibility index (Phi) is 7.36. The quantitative estimate of drug-likeness (QED) is 0.686. The van der Waals surface area contributed by atoms with E-state index in [1.54, 1.807) is 4.57 Å². The highest BCUT2D eigenvalue weighted by Gasteiger charge is 2.29. The second kappa shape index (κ2) is 9.96. The standard InChI is InChI=1S/C21H30N4O2S/c1-3-24(18-12-8-5-9-13-18)19(26)16(2)28-21-23-22-20(27)25(21)15-14-17-10-6-4-7-11-17/h4,6-7,10-11,16,18H,3,5,8-9,12-15H2,1-2H3,(H,22,27). The first-order valence-electron chi connectivity index (χ1n) is 10.3. The molecule has 1 aromatic heterocycles. The van der Waals surface area contributed by atoms with Crippen LogP contribution in [0.5, 0.6) is 0 Å². The largest absolute Gasteiger partial charge is 0.343 e. The average Bonchev–Trinajstić information content (AvgIpc) is 3.07. The van der Waals surface area contributed by atoms with Crippen LogP contribution >= 0.6 is 11.8 Å². The van der Waals surface area contributed by atoms with Crippen molar-refractivity contribution in [1.82, 2.24) is 19.7 Å². The number of benzene rings is 1. The monoisotopic (exact) mass is 402 g/mol. The Morgan fingerprint density at radius 2 is 2.00 bits per heavy atom. The van der Waals surface area contributed by atoms with E-state index in [0.29, 0.717) is 17.7 Å². The van der Waals surface area contributed by atoms with Crippen LogP contribution < -0.4 is 5.69 Å². The molecule has 1 N–H and O–H groups in total. The maximum absolute atomic E-state index is 13.1. The number of rotatable bonds is 8. The third-order valence-corrected chi connectivity index (χ3v) is 6.54. The van der Waals surface area contributed by atoms with Crippen LogP contribution in [0.1, 0.15) is 51.5 Å². The van der Waals surface area contributed by atoms with Gasteiger partial charge < -0.3 is 4.90 Å². The van der Waals surface area contributed by atoms with Gasteiger partial charge in [0, 0.05) is 19.1 Å². The van der Waals surface area contributed by atoms with Crippen molar-refractivity contribution in [1.29, 1.82) is 0 Å². The fourth-order valence-electron chi connectivity index (χ4n) is 3.90. The van der Waals surface area contributed by atoms with Crippen molar-refractivity contribution in [3.8, 4) is 0 Å². The van der Waals surface area contributed by atoms with Crippen molar-refractivity contribution >= 4 is 17.7 Å². The summed E-state index contributed by atoms with van der Waals surface area (Å²) in [7, 11) is 0. The van der Waals surface area contributed by atoms with E-state index in [4.69, 9.17) is 0 Å². The molecule has 0 aliphatic heterocycles. The summed E-state index contributed by atoms with van der Waals surface area (Å²) in [4.78, 5) is 27.3. The van der Waals surface area contributed by atoms with Gasteiger partial charge in [-0.3, -0.25) is 9.36 Å². The smallest absolute Gasteiger partial charge is 0.339 e. The number of nitrogens with zero attached hydrogens (tertiary/aromatic N) is 3. The number of aromatic nitrogens is 3. The number of carbonyl (C=O) groups is 1. The van der Waals surface area contributed by atoms with Crippen molar-refractivity contribution in [2.45, 2.75) is 75.4 Å². The summed E-state index contributed by atoms with van der Waals surface area (Å²) >= 11 is 1.37. The molecule has 2 aromatic rings. The van der Waals surface area contributed by atoms with Gasteiger partial charge in [0.1, 0.15) is 0 Å². The van der Waals surface area contributed by atoms with Gasteiger partial charge in [-0.05, 0) is 38.7 Å². The van der Waals surface area contributed by atoms with E-state index in [9.17, 15) is 9.59 Å². The first-order chi connectivity index (χ1) is 13.6. The molecule has 1 amide bonds. The lowest BCUT2D eigenvalue weighted by Gasteiger charge is -2.35. The lowest BCUT2D eigenvalue weighted by Crippen LogP contribution is -2.44. The van der Waals surface area contributed by atoms with Crippen LogP contribution in [0.4, 0.5) is 0 Å². The molecule has 0 radical (unpaired) electrons. The molecular weight excluding hydrogens is 372 g/mol. The van der Waals surface area contributed by atoms with E-state index in [1.165, 1.54) is 36.6 Å². The minimum Gasteiger partial charge on any atom is -0.339 e. The zero-order valence-electron chi connectivity index (χ0n) is 16.8. The molecular formula is C21H30N4O2S. The first kappa shape index (κ1) is 20.7. The first-order valence-corrected chi connectivity index (χ1v) is 11.1. The summed E-state index contributed by atoms with van der Waals surface area (Å²) in [5, 5.41) is 7.02. The molecule has 0 bridgehead atoms. The van der Waals surface area contributed by atoms with Crippen molar-refractivity contribution < 1.29 is 4.79 Å². The average molecular weight is 403 g/mol. The Morgan fingerprint density at radius 1 is 1.29 bits per heavy atom. The molecule has 0 spiro atoms. The Bertz CT molecular complexity index is 811. The van der Waals surface area contributed by atoms with Gasteiger partial charge >= 0.3 is 5.69 Å². The minimum absolute atomic E-state index is 0.143. The molecule has 6 nitrogen and oxygen atoms in total. The van der Waals surface area contributed by atoms with Gasteiger partial charge in [-0.15, -0.1) is 5.10 Å². The molecule has 28 heavy (non-hydrogen) atoms. The van der Waals surface area contributed by atoms with Gasteiger partial charge in [-0.1, -0.05) is 61.4 Å². The van der Waals surface area contributed by atoms with Gasteiger partial charge in [0.15, 0.2) is 5.16 Å². The summed E-state index contributed by atoms with van der Waals surface area (Å²) in [6.45, 7) is 5.24. The second-order valence-corrected chi connectivity index (χ2v) is 8.68. The molecule has 1 aliphatic rings.